The molecule has 6 heteroatoms. The maximum absolute atomic E-state index is 12.5. The summed E-state index contributed by atoms with van der Waals surface area (Å²) in [7, 11) is 0. The number of esters is 1. The molecule has 1 amide bonds. The van der Waals surface area contributed by atoms with Crippen LogP contribution < -0.4 is 5.32 Å². The molecule has 0 spiro atoms. The summed E-state index contributed by atoms with van der Waals surface area (Å²) in [6.45, 7) is 4.97. The maximum atomic E-state index is 12.5. The number of rotatable bonds is 59. The van der Waals surface area contributed by atoms with E-state index in [0.29, 0.717) is 25.9 Å². The Morgan fingerprint density at radius 2 is 0.603 bits per heavy atom. The summed E-state index contributed by atoms with van der Waals surface area (Å²) in [4.78, 5) is 24.5. The molecular formula is C62H123NO5. The first-order valence-corrected chi connectivity index (χ1v) is 31.3. The van der Waals surface area contributed by atoms with E-state index in [-0.39, 0.29) is 18.5 Å². The summed E-state index contributed by atoms with van der Waals surface area (Å²) in [5.74, 6) is -0.0354. The van der Waals surface area contributed by atoms with Crippen LogP contribution in [-0.4, -0.2) is 47.4 Å². The van der Waals surface area contributed by atoms with Crippen molar-refractivity contribution in [3.63, 3.8) is 0 Å². The van der Waals surface area contributed by atoms with E-state index in [4.69, 9.17) is 4.74 Å². The van der Waals surface area contributed by atoms with E-state index in [1.807, 2.05) is 0 Å². The van der Waals surface area contributed by atoms with Gasteiger partial charge in [-0.1, -0.05) is 322 Å². The Morgan fingerprint density at radius 3 is 0.897 bits per heavy atom. The molecule has 0 fully saturated rings. The average Bonchev–Trinajstić information content (AvgIpc) is 3.34. The number of aliphatic hydroxyl groups excluding tert-OH is 2. The van der Waals surface area contributed by atoms with Crippen LogP contribution in [0, 0.1) is 0 Å². The van der Waals surface area contributed by atoms with Gasteiger partial charge in [0.1, 0.15) is 0 Å². The highest BCUT2D eigenvalue weighted by atomic mass is 16.5. The molecule has 6 nitrogen and oxygen atoms in total. The van der Waals surface area contributed by atoms with Gasteiger partial charge in [-0.15, -0.1) is 0 Å². The number of ether oxygens (including phenoxy) is 1. The van der Waals surface area contributed by atoms with Gasteiger partial charge in [0.25, 0.3) is 0 Å². The van der Waals surface area contributed by atoms with Gasteiger partial charge in [-0.2, -0.15) is 0 Å². The van der Waals surface area contributed by atoms with Gasteiger partial charge < -0.3 is 20.3 Å². The highest BCUT2D eigenvalue weighted by Gasteiger charge is 2.20. The summed E-state index contributed by atoms with van der Waals surface area (Å²) < 4.78 is 5.47. The molecule has 2 unspecified atom stereocenters. The van der Waals surface area contributed by atoms with Crippen LogP contribution in [0.4, 0.5) is 0 Å². The molecule has 0 heterocycles. The number of hydrogen-bond donors (Lipinski definition) is 3. The zero-order valence-electron chi connectivity index (χ0n) is 46.4. The molecule has 3 N–H and O–H groups in total. The molecule has 406 valence electrons. The van der Waals surface area contributed by atoms with E-state index < -0.39 is 12.1 Å². The van der Waals surface area contributed by atoms with E-state index >= 15 is 0 Å². The molecule has 0 aromatic carbocycles. The lowest BCUT2D eigenvalue weighted by Gasteiger charge is -2.22. The van der Waals surface area contributed by atoms with Gasteiger partial charge in [0.2, 0.25) is 5.91 Å². The van der Waals surface area contributed by atoms with Crippen LogP contribution in [-0.2, 0) is 14.3 Å². The fourth-order valence-corrected chi connectivity index (χ4v) is 10.1. The lowest BCUT2D eigenvalue weighted by atomic mass is 10.0. The number of aliphatic hydroxyl groups is 2. The fraction of sp³-hybridized carbons (Fsp3) is 0.968. The zero-order chi connectivity index (χ0) is 49.3. The number of hydrogen-bond acceptors (Lipinski definition) is 5. The summed E-state index contributed by atoms with van der Waals surface area (Å²) in [5, 5.41) is 23.4. The highest BCUT2D eigenvalue weighted by molar-refractivity contribution is 5.76. The smallest absolute Gasteiger partial charge is 0.305 e. The molecule has 2 atom stereocenters. The van der Waals surface area contributed by atoms with Gasteiger partial charge in [-0.25, -0.2) is 0 Å². The minimum Gasteiger partial charge on any atom is -0.466 e. The number of carbonyl (C=O) groups is 2. The van der Waals surface area contributed by atoms with Crippen LogP contribution in [0.2, 0.25) is 0 Å². The highest BCUT2D eigenvalue weighted by Crippen LogP contribution is 2.19. The topological polar surface area (TPSA) is 95.9 Å². The van der Waals surface area contributed by atoms with Crippen LogP contribution in [0.25, 0.3) is 0 Å². The van der Waals surface area contributed by atoms with E-state index in [1.54, 1.807) is 0 Å². The lowest BCUT2D eigenvalue weighted by molar-refractivity contribution is -0.143. The van der Waals surface area contributed by atoms with Crippen molar-refractivity contribution in [2.75, 3.05) is 13.2 Å². The molecular weight excluding hydrogens is 839 g/mol. The fourth-order valence-electron chi connectivity index (χ4n) is 10.1. The predicted octanol–water partition coefficient (Wildman–Crippen LogP) is 19.5. The van der Waals surface area contributed by atoms with Gasteiger partial charge in [0.15, 0.2) is 0 Å². The van der Waals surface area contributed by atoms with Crippen molar-refractivity contribution in [1.29, 1.82) is 0 Å². The molecule has 0 saturated carbocycles. The Hall–Kier alpha value is -1.14. The molecule has 68 heavy (non-hydrogen) atoms. The van der Waals surface area contributed by atoms with Gasteiger partial charge in [-0.05, 0) is 25.7 Å². The first-order chi connectivity index (χ1) is 33.5. The van der Waals surface area contributed by atoms with Crippen molar-refractivity contribution in [3.05, 3.63) is 0 Å². The monoisotopic (exact) mass is 962 g/mol. The second-order valence-corrected chi connectivity index (χ2v) is 21.8. The number of amides is 1. The van der Waals surface area contributed by atoms with E-state index in [9.17, 15) is 19.8 Å². The quantitative estimate of drug-likeness (QED) is 0.0417. The third-order valence-corrected chi connectivity index (χ3v) is 14.9. The lowest BCUT2D eigenvalue weighted by Crippen LogP contribution is -2.45. The van der Waals surface area contributed by atoms with Crippen molar-refractivity contribution in [3.8, 4) is 0 Å². The first-order valence-electron chi connectivity index (χ1n) is 31.3. The normalized spacial score (nSPS) is 12.5. The Labute approximate surface area is 426 Å². The third-order valence-electron chi connectivity index (χ3n) is 14.9. The molecule has 0 saturated heterocycles. The molecule has 0 aromatic rings. The minimum absolute atomic E-state index is 0.00292. The SMILES string of the molecule is CCCCCCCCCCCCCCCCCCCCCCCCCCC(O)C(CO)NC(=O)CCCCCCCCCCCCCCCCCOC(=O)CCCCCCCCCCCCCC. The number of unbranched alkanes of at least 4 members (excludes halogenated alkanes) is 48. The van der Waals surface area contributed by atoms with Crippen LogP contribution in [0.15, 0.2) is 0 Å². The Kier molecular flexibility index (Phi) is 57.5. The van der Waals surface area contributed by atoms with E-state index in [2.05, 4.69) is 19.2 Å². The van der Waals surface area contributed by atoms with Crippen molar-refractivity contribution in [2.45, 2.75) is 373 Å². The Bertz CT molecular complexity index is 975. The van der Waals surface area contributed by atoms with E-state index in [1.165, 1.54) is 283 Å². The summed E-state index contributed by atoms with van der Waals surface area (Å²) >= 11 is 0. The minimum atomic E-state index is -0.670. The zero-order valence-corrected chi connectivity index (χ0v) is 46.4. The molecule has 0 aliphatic carbocycles. The molecule has 0 radical (unpaired) electrons. The maximum Gasteiger partial charge on any atom is 0.305 e. The van der Waals surface area contributed by atoms with Gasteiger partial charge in [0, 0.05) is 12.8 Å². The Morgan fingerprint density at radius 1 is 0.353 bits per heavy atom. The third kappa shape index (κ3) is 54.2. The van der Waals surface area contributed by atoms with Crippen LogP contribution >= 0.6 is 0 Å². The van der Waals surface area contributed by atoms with E-state index in [0.717, 1.165) is 44.9 Å². The van der Waals surface area contributed by atoms with Crippen molar-refractivity contribution < 1.29 is 24.5 Å². The second-order valence-electron chi connectivity index (χ2n) is 21.8. The Balaban J connectivity index is 3.41. The predicted molar refractivity (Wildman–Crippen MR) is 297 cm³/mol. The number of nitrogens with one attached hydrogen (secondary N) is 1. The van der Waals surface area contributed by atoms with Crippen molar-refractivity contribution in [1.82, 2.24) is 5.32 Å². The molecule has 0 bridgehead atoms. The van der Waals surface area contributed by atoms with Gasteiger partial charge >= 0.3 is 5.97 Å². The molecule has 0 rings (SSSR count). The number of carbonyl (C=O) groups excluding carboxylic acids is 2. The molecule has 0 aromatic heterocycles. The second kappa shape index (κ2) is 58.4. The van der Waals surface area contributed by atoms with Gasteiger partial charge in [-0.3, -0.25) is 9.59 Å². The standard InChI is InChI=1S/C62H123NO5/c1-3-5-7-9-11-13-15-17-18-19-20-21-22-23-24-25-26-28-31-34-38-42-46-50-54-60(65)59(58-64)63-61(66)55-51-47-43-39-35-32-29-27-30-33-37-41-45-49-53-57-68-62(67)56-52-48-44-40-36-16-14-12-10-8-6-4-2/h59-60,64-65H,3-58H2,1-2H3,(H,63,66). The summed E-state index contributed by atoms with van der Waals surface area (Å²) in [6, 6.07) is -0.548. The summed E-state index contributed by atoms with van der Waals surface area (Å²) in [6.07, 6.45) is 68.2. The van der Waals surface area contributed by atoms with Crippen molar-refractivity contribution in [2.24, 2.45) is 0 Å². The van der Waals surface area contributed by atoms with Crippen molar-refractivity contribution >= 4 is 11.9 Å². The largest absolute Gasteiger partial charge is 0.466 e. The molecule has 0 aliphatic rings. The summed E-state index contributed by atoms with van der Waals surface area (Å²) in [5.41, 5.74) is 0. The average molecular weight is 963 g/mol. The van der Waals surface area contributed by atoms with Crippen LogP contribution in [0.3, 0.4) is 0 Å². The molecule has 0 aliphatic heterocycles. The van der Waals surface area contributed by atoms with Crippen LogP contribution in [0.1, 0.15) is 361 Å². The first kappa shape index (κ1) is 66.9. The van der Waals surface area contributed by atoms with Gasteiger partial charge in [0.05, 0.1) is 25.4 Å². The van der Waals surface area contributed by atoms with Crippen LogP contribution in [0.5, 0.6) is 0 Å².